The molecule has 1 aromatic carbocycles. The molecule has 26 heavy (non-hydrogen) atoms. The van der Waals surface area contributed by atoms with Crippen LogP contribution < -0.4 is 15.5 Å². The Labute approximate surface area is 150 Å². The average Bonchev–Trinajstić information content (AvgIpc) is 3.25. The number of aliphatic hydroxyl groups is 1. The lowest BCUT2D eigenvalue weighted by Gasteiger charge is -2.19. The summed E-state index contributed by atoms with van der Waals surface area (Å²) < 4.78 is 4.78. The van der Waals surface area contributed by atoms with Gasteiger partial charge in [0.25, 0.3) is 5.89 Å². The van der Waals surface area contributed by atoms with Crippen molar-refractivity contribution < 1.29 is 19.2 Å². The molecule has 0 spiro atoms. The van der Waals surface area contributed by atoms with Crippen LogP contribution in [0.5, 0.6) is 0 Å². The Morgan fingerprint density at radius 1 is 1.42 bits per heavy atom. The molecular formula is C17H21N5O4. The van der Waals surface area contributed by atoms with Gasteiger partial charge in [-0.1, -0.05) is 11.2 Å². The summed E-state index contributed by atoms with van der Waals surface area (Å²) >= 11 is 0. The minimum absolute atomic E-state index is 0.108. The van der Waals surface area contributed by atoms with Crippen LogP contribution in [0.1, 0.15) is 30.1 Å². The molecule has 9 heteroatoms. The van der Waals surface area contributed by atoms with Gasteiger partial charge in [0, 0.05) is 37.3 Å². The number of aromatic nitrogens is 2. The van der Waals surface area contributed by atoms with Crippen LogP contribution in [-0.2, 0) is 17.8 Å². The van der Waals surface area contributed by atoms with Crippen molar-refractivity contribution in [2.75, 3.05) is 23.3 Å². The van der Waals surface area contributed by atoms with Crippen molar-refractivity contribution >= 4 is 23.3 Å². The first kappa shape index (κ1) is 17.9. The summed E-state index contributed by atoms with van der Waals surface area (Å²) in [4.78, 5) is 29.7. The highest BCUT2D eigenvalue weighted by Gasteiger charge is 2.23. The highest BCUT2D eigenvalue weighted by molar-refractivity contribution is 5.97. The van der Waals surface area contributed by atoms with E-state index in [1.165, 1.54) is 0 Å². The molecule has 1 saturated heterocycles. The van der Waals surface area contributed by atoms with Crippen molar-refractivity contribution in [1.82, 2.24) is 15.5 Å². The summed E-state index contributed by atoms with van der Waals surface area (Å²) in [7, 11) is 0. The maximum Gasteiger partial charge on any atom is 0.319 e. The van der Waals surface area contributed by atoms with Crippen molar-refractivity contribution in [3.05, 3.63) is 35.5 Å². The molecule has 0 aliphatic carbocycles. The predicted octanol–water partition coefficient (Wildman–Crippen LogP) is 1.36. The minimum Gasteiger partial charge on any atom is -0.387 e. The highest BCUT2D eigenvalue weighted by atomic mass is 16.5. The van der Waals surface area contributed by atoms with E-state index >= 15 is 0 Å². The van der Waals surface area contributed by atoms with Gasteiger partial charge in [-0.15, -0.1) is 0 Å². The number of nitrogens with zero attached hydrogens (tertiary/aromatic N) is 3. The number of hydrogen-bond acceptors (Lipinski definition) is 6. The number of hydrogen-bond donors (Lipinski definition) is 3. The van der Waals surface area contributed by atoms with Crippen molar-refractivity contribution in [3.63, 3.8) is 0 Å². The molecule has 0 unspecified atom stereocenters. The predicted molar refractivity (Wildman–Crippen MR) is 93.7 cm³/mol. The van der Waals surface area contributed by atoms with Crippen LogP contribution in [0.25, 0.3) is 0 Å². The van der Waals surface area contributed by atoms with Crippen LogP contribution >= 0.6 is 0 Å². The summed E-state index contributed by atoms with van der Waals surface area (Å²) in [6, 6.07) is 5.13. The fourth-order valence-electron chi connectivity index (χ4n) is 2.80. The van der Waals surface area contributed by atoms with Gasteiger partial charge in [-0.3, -0.25) is 4.79 Å². The lowest BCUT2D eigenvalue weighted by Crippen LogP contribution is -2.31. The molecule has 1 fully saturated rings. The van der Waals surface area contributed by atoms with Gasteiger partial charge in [0.15, 0.2) is 5.82 Å². The van der Waals surface area contributed by atoms with Gasteiger partial charge in [-0.25, -0.2) is 4.79 Å². The topological polar surface area (TPSA) is 121 Å². The second kappa shape index (κ2) is 7.96. The fourth-order valence-corrected chi connectivity index (χ4v) is 2.80. The first-order valence-electron chi connectivity index (χ1n) is 8.45. The van der Waals surface area contributed by atoms with E-state index in [9.17, 15) is 9.59 Å². The van der Waals surface area contributed by atoms with Gasteiger partial charge in [0.2, 0.25) is 5.91 Å². The van der Waals surface area contributed by atoms with E-state index in [0.29, 0.717) is 37.4 Å². The van der Waals surface area contributed by atoms with Crippen LogP contribution in [0, 0.1) is 6.92 Å². The number of aliphatic hydroxyl groups excluding tert-OH is 1. The maximum atomic E-state index is 12.0. The molecule has 3 amide bonds. The first-order valence-corrected chi connectivity index (χ1v) is 8.45. The average molecular weight is 359 g/mol. The number of carbonyl (C=O) groups is 2. The third kappa shape index (κ3) is 4.17. The SMILES string of the molecule is Cc1ccc(NC(=O)NCCc2noc(CO)n2)cc1N1CCCC1=O. The third-order valence-corrected chi connectivity index (χ3v) is 4.11. The smallest absolute Gasteiger partial charge is 0.319 e. The lowest BCUT2D eigenvalue weighted by molar-refractivity contribution is -0.117. The van der Waals surface area contributed by atoms with Gasteiger partial charge in [0.05, 0.1) is 0 Å². The van der Waals surface area contributed by atoms with Crippen molar-refractivity contribution in [3.8, 4) is 0 Å². The quantitative estimate of drug-likeness (QED) is 0.716. The van der Waals surface area contributed by atoms with Crippen LogP contribution in [0.15, 0.2) is 22.7 Å². The van der Waals surface area contributed by atoms with Gasteiger partial charge in [-0.2, -0.15) is 4.98 Å². The molecule has 3 N–H and O–H groups in total. The van der Waals surface area contributed by atoms with Gasteiger partial charge < -0.3 is 25.2 Å². The zero-order chi connectivity index (χ0) is 18.5. The molecule has 0 radical (unpaired) electrons. The van der Waals surface area contributed by atoms with E-state index in [4.69, 9.17) is 9.63 Å². The van der Waals surface area contributed by atoms with Crippen molar-refractivity contribution in [2.45, 2.75) is 32.8 Å². The number of carbonyl (C=O) groups excluding carboxylic acids is 2. The zero-order valence-corrected chi connectivity index (χ0v) is 14.5. The number of benzene rings is 1. The Bertz CT molecular complexity index is 804. The first-order chi connectivity index (χ1) is 12.6. The van der Waals surface area contributed by atoms with Gasteiger partial charge in [-0.05, 0) is 31.0 Å². The van der Waals surface area contributed by atoms with Crippen LogP contribution in [-0.4, -0.2) is 40.3 Å². The molecule has 3 rings (SSSR count). The number of aryl methyl sites for hydroxylation is 1. The standard InChI is InChI=1S/C17H21N5O4/c1-11-4-5-12(9-13(11)22-8-2-3-16(22)24)19-17(25)18-7-6-14-20-15(10-23)26-21-14/h4-5,9,23H,2-3,6-8,10H2,1H3,(H2,18,19,25). The number of rotatable bonds is 6. The Hall–Kier alpha value is -2.94. The highest BCUT2D eigenvalue weighted by Crippen LogP contribution is 2.28. The van der Waals surface area contributed by atoms with Crippen molar-refractivity contribution in [1.29, 1.82) is 0 Å². The van der Waals surface area contributed by atoms with E-state index in [0.717, 1.165) is 17.7 Å². The lowest BCUT2D eigenvalue weighted by atomic mass is 10.1. The summed E-state index contributed by atoms with van der Waals surface area (Å²) in [6.07, 6.45) is 1.80. The molecule has 2 aromatic rings. The van der Waals surface area contributed by atoms with Crippen LogP contribution in [0.2, 0.25) is 0 Å². The zero-order valence-electron chi connectivity index (χ0n) is 14.5. The monoisotopic (exact) mass is 359 g/mol. The van der Waals surface area contributed by atoms with E-state index in [2.05, 4.69) is 20.8 Å². The molecule has 2 heterocycles. The Morgan fingerprint density at radius 2 is 2.27 bits per heavy atom. The Morgan fingerprint density at radius 3 is 2.96 bits per heavy atom. The Kier molecular flexibility index (Phi) is 5.47. The van der Waals surface area contributed by atoms with Crippen LogP contribution in [0.3, 0.4) is 0 Å². The summed E-state index contributed by atoms with van der Waals surface area (Å²) in [6.45, 7) is 2.65. The molecule has 9 nitrogen and oxygen atoms in total. The Balaban J connectivity index is 1.54. The van der Waals surface area contributed by atoms with E-state index in [1.54, 1.807) is 11.0 Å². The summed E-state index contributed by atoms with van der Waals surface area (Å²) in [5.74, 6) is 0.671. The maximum absolute atomic E-state index is 12.0. The second-order valence-electron chi connectivity index (χ2n) is 6.04. The number of amides is 3. The van der Waals surface area contributed by atoms with Gasteiger partial charge >= 0.3 is 6.03 Å². The molecule has 0 saturated carbocycles. The molecule has 1 aliphatic rings. The second-order valence-corrected chi connectivity index (χ2v) is 6.04. The minimum atomic E-state index is -0.363. The molecule has 1 aromatic heterocycles. The fraction of sp³-hybridized carbons (Fsp3) is 0.412. The largest absolute Gasteiger partial charge is 0.387 e. The van der Waals surface area contributed by atoms with Gasteiger partial charge in [0.1, 0.15) is 6.61 Å². The van der Waals surface area contributed by atoms with E-state index < -0.39 is 0 Å². The molecule has 0 atom stereocenters. The van der Waals surface area contributed by atoms with E-state index in [1.807, 2.05) is 19.1 Å². The molecule has 1 aliphatic heterocycles. The molecule has 0 bridgehead atoms. The van der Waals surface area contributed by atoms with Crippen molar-refractivity contribution in [2.24, 2.45) is 0 Å². The normalized spacial score (nSPS) is 13.9. The number of nitrogens with one attached hydrogen (secondary N) is 2. The number of anilines is 2. The third-order valence-electron chi connectivity index (χ3n) is 4.11. The van der Waals surface area contributed by atoms with E-state index in [-0.39, 0.29) is 24.4 Å². The molecular weight excluding hydrogens is 338 g/mol. The summed E-state index contributed by atoms with van der Waals surface area (Å²) in [5, 5.41) is 18.0. The van der Waals surface area contributed by atoms with Crippen LogP contribution in [0.4, 0.5) is 16.2 Å². The summed E-state index contributed by atoms with van der Waals surface area (Å²) in [5.41, 5.74) is 2.43. The molecule has 138 valence electrons. The number of urea groups is 1.